The molecule has 1 aromatic carbocycles. The van der Waals surface area contributed by atoms with Crippen LogP contribution in [0.25, 0.3) is 0 Å². The molecular formula is C13H17FN4. The van der Waals surface area contributed by atoms with Gasteiger partial charge in [-0.2, -0.15) is 5.10 Å². The first-order valence-corrected chi connectivity index (χ1v) is 5.95. The minimum atomic E-state index is -0.163. The van der Waals surface area contributed by atoms with Crippen LogP contribution in [0.4, 0.5) is 4.39 Å². The molecule has 0 unspecified atom stereocenters. The summed E-state index contributed by atoms with van der Waals surface area (Å²) in [5.74, 6) is 0.638. The van der Waals surface area contributed by atoms with Gasteiger partial charge >= 0.3 is 0 Å². The fourth-order valence-corrected chi connectivity index (χ4v) is 1.76. The number of nitrogens with one attached hydrogen (secondary N) is 1. The lowest BCUT2D eigenvalue weighted by Gasteiger charge is -2.06. The largest absolute Gasteiger partial charge is 0.312 e. The Bertz CT molecular complexity index is 521. The first-order valence-electron chi connectivity index (χ1n) is 5.95. The van der Waals surface area contributed by atoms with Gasteiger partial charge in [0.05, 0.1) is 0 Å². The Morgan fingerprint density at radius 2 is 2.22 bits per heavy atom. The van der Waals surface area contributed by atoms with Crippen LogP contribution in [0.3, 0.4) is 0 Å². The first kappa shape index (κ1) is 12.7. The van der Waals surface area contributed by atoms with Crippen molar-refractivity contribution in [3.63, 3.8) is 0 Å². The van der Waals surface area contributed by atoms with Crippen LogP contribution >= 0.6 is 0 Å². The van der Waals surface area contributed by atoms with E-state index in [2.05, 4.69) is 15.4 Å². The van der Waals surface area contributed by atoms with Gasteiger partial charge in [-0.25, -0.2) is 9.37 Å². The van der Waals surface area contributed by atoms with Gasteiger partial charge in [0, 0.05) is 32.1 Å². The number of hydrogen-bond acceptors (Lipinski definition) is 3. The molecule has 18 heavy (non-hydrogen) atoms. The zero-order chi connectivity index (χ0) is 13.0. The molecule has 0 aliphatic carbocycles. The molecule has 0 amide bonds. The fraction of sp³-hybridized carbons (Fsp3) is 0.385. The molecule has 1 heterocycles. The van der Waals surface area contributed by atoms with E-state index in [1.165, 1.54) is 6.07 Å². The van der Waals surface area contributed by atoms with Crippen LogP contribution in [0, 0.1) is 12.7 Å². The molecule has 4 nitrogen and oxygen atoms in total. The number of rotatable bonds is 5. The van der Waals surface area contributed by atoms with E-state index in [1.54, 1.807) is 17.1 Å². The molecule has 2 rings (SSSR count). The number of benzene rings is 1. The third-order valence-electron chi connectivity index (χ3n) is 2.69. The molecule has 0 saturated heterocycles. The fourth-order valence-electron chi connectivity index (χ4n) is 1.76. The predicted molar refractivity (Wildman–Crippen MR) is 67.6 cm³/mol. The van der Waals surface area contributed by atoms with Gasteiger partial charge in [-0.15, -0.1) is 0 Å². The molecule has 0 bridgehead atoms. The van der Waals surface area contributed by atoms with Crippen LogP contribution < -0.4 is 5.32 Å². The molecule has 1 N–H and O–H groups in total. The molecule has 0 atom stereocenters. The Balaban J connectivity index is 1.80. The van der Waals surface area contributed by atoms with E-state index in [0.29, 0.717) is 12.1 Å². The maximum absolute atomic E-state index is 13.5. The Kier molecular flexibility index (Phi) is 4.04. The summed E-state index contributed by atoms with van der Waals surface area (Å²) in [6, 6.07) is 5.14. The molecule has 0 aliphatic rings. The van der Waals surface area contributed by atoms with Gasteiger partial charge < -0.3 is 5.32 Å². The van der Waals surface area contributed by atoms with Crippen molar-refractivity contribution in [1.29, 1.82) is 0 Å². The van der Waals surface area contributed by atoms with Gasteiger partial charge in [0.25, 0.3) is 0 Å². The Hall–Kier alpha value is -1.75. The summed E-state index contributed by atoms with van der Waals surface area (Å²) < 4.78 is 15.1. The summed E-state index contributed by atoms with van der Waals surface area (Å²) in [4.78, 5) is 4.13. The zero-order valence-corrected chi connectivity index (χ0v) is 10.7. The smallest absolute Gasteiger partial charge is 0.151 e. The molecule has 1 aromatic heterocycles. The van der Waals surface area contributed by atoms with Crippen LogP contribution in [0.15, 0.2) is 24.5 Å². The highest BCUT2D eigenvalue weighted by Gasteiger charge is 2.02. The van der Waals surface area contributed by atoms with Crippen LogP contribution in [0.1, 0.15) is 17.0 Å². The second-order valence-electron chi connectivity index (χ2n) is 4.36. The lowest BCUT2D eigenvalue weighted by Crippen LogP contribution is -2.18. The predicted octanol–water partition coefficient (Wildman–Crippen LogP) is 1.59. The lowest BCUT2D eigenvalue weighted by molar-refractivity contribution is 0.585. The van der Waals surface area contributed by atoms with Crippen LogP contribution in [0.2, 0.25) is 0 Å². The first-order chi connectivity index (χ1) is 8.65. The van der Waals surface area contributed by atoms with Crippen molar-refractivity contribution >= 4 is 0 Å². The van der Waals surface area contributed by atoms with Crippen molar-refractivity contribution in [2.45, 2.75) is 19.9 Å². The third-order valence-corrected chi connectivity index (χ3v) is 2.69. The van der Waals surface area contributed by atoms with E-state index < -0.39 is 0 Å². The van der Waals surface area contributed by atoms with Gasteiger partial charge in [-0.3, -0.25) is 4.68 Å². The summed E-state index contributed by atoms with van der Waals surface area (Å²) in [5, 5.41) is 7.38. The molecule has 96 valence electrons. The third kappa shape index (κ3) is 3.37. The molecule has 5 heteroatoms. The highest BCUT2D eigenvalue weighted by Crippen LogP contribution is 2.09. The molecule has 0 radical (unpaired) electrons. The molecule has 0 aliphatic heterocycles. The van der Waals surface area contributed by atoms with E-state index in [9.17, 15) is 4.39 Å². The summed E-state index contributed by atoms with van der Waals surface area (Å²) in [6.07, 6.45) is 2.42. The number of aromatic nitrogens is 3. The van der Waals surface area contributed by atoms with E-state index >= 15 is 0 Å². The van der Waals surface area contributed by atoms with Crippen LogP contribution in [-0.4, -0.2) is 21.3 Å². The molecular weight excluding hydrogens is 231 g/mol. The highest BCUT2D eigenvalue weighted by molar-refractivity contribution is 5.23. The summed E-state index contributed by atoms with van der Waals surface area (Å²) >= 11 is 0. The van der Waals surface area contributed by atoms with Gasteiger partial charge in [0.1, 0.15) is 12.1 Å². The van der Waals surface area contributed by atoms with Gasteiger partial charge in [-0.1, -0.05) is 17.7 Å². The van der Waals surface area contributed by atoms with E-state index in [4.69, 9.17) is 0 Å². The van der Waals surface area contributed by atoms with E-state index in [0.717, 1.165) is 24.4 Å². The average Bonchev–Trinajstić information content (AvgIpc) is 2.75. The monoisotopic (exact) mass is 248 g/mol. The Morgan fingerprint density at radius 3 is 2.94 bits per heavy atom. The summed E-state index contributed by atoms with van der Waals surface area (Å²) in [7, 11) is 1.84. The quantitative estimate of drug-likeness (QED) is 0.817. The van der Waals surface area contributed by atoms with Crippen molar-refractivity contribution in [2.24, 2.45) is 7.05 Å². The Labute approximate surface area is 106 Å². The molecule has 0 fully saturated rings. The van der Waals surface area contributed by atoms with Crippen molar-refractivity contribution in [3.8, 4) is 0 Å². The van der Waals surface area contributed by atoms with Crippen LogP contribution in [-0.2, 0) is 20.0 Å². The molecule has 0 spiro atoms. The number of nitrogens with zero attached hydrogens (tertiary/aromatic N) is 3. The number of aryl methyl sites for hydroxylation is 2. The molecule has 2 aromatic rings. The van der Waals surface area contributed by atoms with Crippen molar-refractivity contribution in [1.82, 2.24) is 20.1 Å². The van der Waals surface area contributed by atoms with Gasteiger partial charge in [-0.05, 0) is 13.0 Å². The minimum absolute atomic E-state index is 0.163. The summed E-state index contributed by atoms with van der Waals surface area (Å²) in [5.41, 5.74) is 1.77. The standard InChI is InChI=1S/C13H17FN4/c1-10-3-4-12(14)11(7-10)8-15-6-5-13-16-9-18(2)17-13/h3-4,7,9,15H,5-6,8H2,1-2H3. The summed E-state index contributed by atoms with van der Waals surface area (Å²) in [6.45, 7) is 3.22. The second-order valence-corrected chi connectivity index (χ2v) is 4.36. The van der Waals surface area contributed by atoms with Crippen LogP contribution in [0.5, 0.6) is 0 Å². The van der Waals surface area contributed by atoms with Gasteiger partial charge in [0.2, 0.25) is 0 Å². The minimum Gasteiger partial charge on any atom is -0.312 e. The van der Waals surface area contributed by atoms with Crippen molar-refractivity contribution in [2.75, 3.05) is 6.54 Å². The van der Waals surface area contributed by atoms with E-state index in [1.807, 2.05) is 20.0 Å². The molecule has 0 saturated carbocycles. The van der Waals surface area contributed by atoms with Crippen molar-refractivity contribution < 1.29 is 4.39 Å². The van der Waals surface area contributed by atoms with Crippen molar-refractivity contribution in [3.05, 3.63) is 47.3 Å². The van der Waals surface area contributed by atoms with Gasteiger partial charge in [0.15, 0.2) is 5.82 Å². The number of halogens is 1. The topological polar surface area (TPSA) is 42.7 Å². The SMILES string of the molecule is Cc1ccc(F)c(CNCCc2ncn(C)n2)c1. The Morgan fingerprint density at radius 1 is 1.39 bits per heavy atom. The highest BCUT2D eigenvalue weighted by atomic mass is 19.1. The normalized spacial score (nSPS) is 10.8. The second kappa shape index (κ2) is 5.73. The average molecular weight is 248 g/mol. The van der Waals surface area contributed by atoms with E-state index in [-0.39, 0.29) is 5.82 Å². The lowest BCUT2D eigenvalue weighted by atomic mass is 10.1. The maximum atomic E-state index is 13.5. The maximum Gasteiger partial charge on any atom is 0.151 e. The number of hydrogen-bond donors (Lipinski definition) is 1. The zero-order valence-electron chi connectivity index (χ0n) is 10.7.